The number of likely N-dealkylation sites (tertiary alicyclic amines) is 1. The number of rotatable bonds is 3. The highest BCUT2D eigenvalue weighted by molar-refractivity contribution is 5.67. The fourth-order valence-electron chi connectivity index (χ4n) is 2.48. The maximum absolute atomic E-state index is 10.7. The topological polar surface area (TPSA) is 40.5 Å². The minimum atomic E-state index is -0.660. The molecule has 0 aromatic carbocycles. The summed E-state index contributed by atoms with van der Waals surface area (Å²) in [6.07, 6.45) is 2.53. The van der Waals surface area contributed by atoms with Crippen molar-refractivity contribution < 1.29 is 9.90 Å². The Balaban J connectivity index is 2.56. The fraction of sp³-hybridized carbons (Fsp3) is 0.909. The molecule has 0 saturated carbocycles. The summed E-state index contributed by atoms with van der Waals surface area (Å²) in [6, 6.07) is 0.946. The van der Waals surface area contributed by atoms with Crippen molar-refractivity contribution in [3.63, 3.8) is 0 Å². The van der Waals surface area contributed by atoms with Crippen LogP contribution in [0.15, 0.2) is 0 Å². The van der Waals surface area contributed by atoms with E-state index in [1.165, 1.54) is 0 Å². The predicted octanol–water partition coefficient (Wildman–Crippen LogP) is 1.97. The second kappa shape index (κ2) is 4.78. The molecule has 0 bridgehead atoms. The Morgan fingerprint density at radius 2 is 2.21 bits per heavy atom. The molecule has 1 rings (SSSR count). The standard InChI is InChI=1S/C11H21NO2/c1-8(2)12-6-4-5-10(9(12)3)7-11(13)14/h8-10H,4-7H2,1-3H3,(H,13,14)/t9-,10-/m0/s1. The van der Waals surface area contributed by atoms with Gasteiger partial charge in [0.1, 0.15) is 0 Å². The van der Waals surface area contributed by atoms with Gasteiger partial charge >= 0.3 is 5.97 Å². The van der Waals surface area contributed by atoms with Crippen LogP contribution < -0.4 is 0 Å². The Bertz CT molecular complexity index is 203. The van der Waals surface area contributed by atoms with Crippen molar-refractivity contribution in [2.45, 2.75) is 52.1 Å². The molecule has 0 aromatic heterocycles. The average Bonchev–Trinajstić information content (AvgIpc) is 2.07. The third kappa shape index (κ3) is 2.71. The molecule has 0 aromatic rings. The number of nitrogens with zero attached hydrogens (tertiary/aromatic N) is 1. The Morgan fingerprint density at radius 3 is 2.71 bits per heavy atom. The van der Waals surface area contributed by atoms with Gasteiger partial charge in [-0.05, 0) is 46.1 Å². The van der Waals surface area contributed by atoms with Crippen molar-refractivity contribution >= 4 is 5.97 Å². The number of hydrogen-bond donors (Lipinski definition) is 1. The maximum Gasteiger partial charge on any atom is 0.303 e. The van der Waals surface area contributed by atoms with Gasteiger partial charge in [-0.1, -0.05) is 0 Å². The Morgan fingerprint density at radius 1 is 1.57 bits per heavy atom. The zero-order valence-corrected chi connectivity index (χ0v) is 9.36. The zero-order chi connectivity index (χ0) is 10.7. The molecular weight excluding hydrogens is 178 g/mol. The Kier molecular flexibility index (Phi) is 3.93. The summed E-state index contributed by atoms with van der Waals surface area (Å²) in [6.45, 7) is 7.64. The third-order valence-electron chi connectivity index (χ3n) is 3.30. The molecule has 0 spiro atoms. The van der Waals surface area contributed by atoms with Crippen LogP contribution in [0.25, 0.3) is 0 Å². The van der Waals surface area contributed by atoms with Gasteiger partial charge in [0.2, 0.25) is 0 Å². The van der Waals surface area contributed by atoms with Crippen molar-refractivity contribution in [2.24, 2.45) is 5.92 Å². The van der Waals surface area contributed by atoms with Crippen LogP contribution in [0.1, 0.15) is 40.0 Å². The smallest absolute Gasteiger partial charge is 0.303 e. The minimum absolute atomic E-state index is 0.324. The van der Waals surface area contributed by atoms with Gasteiger partial charge < -0.3 is 5.11 Å². The van der Waals surface area contributed by atoms with Crippen LogP contribution in [-0.4, -0.2) is 34.6 Å². The lowest BCUT2D eigenvalue weighted by Gasteiger charge is -2.41. The number of piperidine rings is 1. The van der Waals surface area contributed by atoms with E-state index in [9.17, 15) is 4.79 Å². The second-order valence-corrected chi connectivity index (χ2v) is 4.57. The summed E-state index contributed by atoms with van der Waals surface area (Å²) in [7, 11) is 0. The van der Waals surface area contributed by atoms with Crippen molar-refractivity contribution in [2.75, 3.05) is 6.54 Å². The molecule has 1 saturated heterocycles. The summed E-state index contributed by atoms with van der Waals surface area (Å²) >= 11 is 0. The molecule has 0 aliphatic carbocycles. The molecule has 1 N–H and O–H groups in total. The minimum Gasteiger partial charge on any atom is -0.481 e. The Labute approximate surface area is 86.1 Å². The average molecular weight is 199 g/mol. The first-order valence-electron chi connectivity index (χ1n) is 5.50. The predicted molar refractivity (Wildman–Crippen MR) is 56.3 cm³/mol. The normalized spacial score (nSPS) is 29.4. The van der Waals surface area contributed by atoms with Gasteiger partial charge in [-0.2, -0.15) is 0 Å². The van der Waals surface area contributed by atoms with Gasteiger partial charge in [-0.25, -0.2) is 0 Å². The quantitative estimate of drug-likeness (QED) is 0.755. The molecule has 0 radical (unpaired) electrons. The highest BCUT2D eigenvalue weighted by Gasteiger charge is 2.30. The molecule has 0 amide bonds. The van der Waals surface area contributed by atoms with Crippen LogP contribution in [0.2, 0.25) is 0 Å². The lowest BCUT2D eigenvalue weighted by molar-refractivity contribution is -0.139. The summed E-state index contributed by atoms with van der Waals surface area (Å²) < 4.78 is 0. The van der Waals surface area contributed by atoms with Crippen LogP contribution in [0, 0.1) is 5.92 Å². The maximum atomic E-state index is 10.7. The van der Waals surface area contributed by atoms with Gasteiger partial charge in [0, 0.05) is 18.5 Å². The van der Waals surface area contributed by atoms with E-state index in [1.54, 1.807) is 0 Å². The first-order valence-corrected chi connectivity index (χ1v) is 5.50. The van der Waals surface area contributed by atoms with Crippen molar-refractivity contribution in [1.82, 2.24) is 4.90 Å². The fourth-order valence-corrected chi connectivity index (χ4v) is 2.48. The van der Waals surface area contributed by atoms with E-state index in [2.05, 4.69) is 25.7 Å². The summed E-state index contributed by atoms with van der Waals surface area (Å²) in [5.41, 5.74) is 0. The number of aliphatic carboxylic acids is 1. The van der Waals surface area contributed by atoms with Crippen molar-refractivity contribution in [3.8, 4) is 0 Å². The summed E-state index contributed by atoms with van der Waals surface area (Å²) in [4.78, 5) is 13.1. The molecular formula is C11H21NO2. The molecule has 1 fully saturated rings. The van der Waals surface area contributed by atoms with Gasteiger partial charge in [-0.3, -0.25) is 9.69 Å². The summed E-state index contributed by atoms with van der Waals surface area (Å²) in [5, 5.41) is 8.79. The molecule has 0 unspecified atom stereocenters. The monoisotopic (exact) mass is 199 g/mol. The Hall–Kier alpha value is -0.570. The molecule has 3 nitrogen and oxygen atoms in total. The van der Waals surface area contributed by atoms with Gasteiger partial charge in [0.25, 0.3) is 0 Å². The van der Waals surface area contributed by atoms with Crippen molar-refractivity contribution in [1.29, 1.82) is 0 Å². The molecule has 1 aliphatic heterocycles. The first kappa shape index (κ1) is 11.5. The molecule has 14 heavy (non-hydrogen) atoms. The molecule has 2 atom stereocenters. The number of carboxylic acids is 1. The second-order valence-electron chi connectivity index (χ2n) is 4.57. The van der Waals surface area contributed by atoms with E-state index >= 15 is 0 Å². The van der Waals surface area contributed by atoms with E-state index < -0.39 is 5.97 Å². The van der Waals surface area contributed by atoms with E-state index in [-0.39, 0.29) is 0 Å². The number of carboxylic acid groups (broad SMARTS) is 1. The van der Waals surface area contributed by atoms with Crippen molar-refractivity contribution in [3.05, 3.63) is 0 Å². The van der Waals surface area contributed by atoms with Crippen LogP contribution in [0.5, 0.6) is 0 Å². The van der Waals surface area contributed by atoms with E-state index in [0.717, 1.165) is 19.4 Å². The number of carbonyl (C=O) groups is 1. The van der Waals surface area contributed by atoms with Crippen LogP contribution in [0.3, 0.4) is 0 Å². The van der Waals surface area contributed by atoms with Gasteiger partial charge in [0.05, 0.1) is 0 Å². The highest BCUT2D eigenvalue weighted by atomic mass is 16.4. The molecule has 1 heterocycles. The van der Waals surface area contributed by atoms with Gasteiger partial charge in [0.15, 0.2) is 0 Å². The summed E-state index contributed by atoms with van der Waals surface area (Å²) in [5.74, 6) is -0.323. The molecule has 82 valence electrons. The number of hydrogen-bond acceptors (Lipinski definition) is 2. The van der Waals surface area contributed by atoms with E-state index in [0.29, 0.717) is 24.4 Å². The van der Waals surface area contributed by atoms with E-state index in [1.807, 2.05) is 0 Å². The van der Waals surface area contributed by atoms with Crippen LogP contribution in [-0.2, 0) is 4.79 Å². The van der Waals surface area contributed by atoms with Gasteiger partial charge in [-0.15, -0.1) is 0 Å². The zero-order valence-electron chi connectivity index (χ0n) is 9.36. The van der Waals surface area contributed by atoms with Crippen LogP contribution in [0.4, 0.5) is 0 Å². The molecule has 1 aliphatic rings. The third-order valence-corrected chi connectivity index (χ3v) is 3.30. The lowest BCUT2D eigenvalue weighted by Crippen LogP contribution is -2.47. The first-order chi connectivity index (χ1) is 6.52. The highest BCUT2D eigenvalue weighted by Crippen LogP contribution is 2.27. The SMILES string of the molecule is CC(C)N1CCC[C@@H](CC(=O)O)[C@@H]1C. The van der Waals surface area contributed by atoms with E-state index in [4.69, 9.17) is 5.11 Å². The lowest BCUT2D eigenvalue weighted by atomic mass is 9.87. The molecule has 3 heteroatoms. The largest absolute Gasteiger partial charge is 0.481 e. The van der Waals surface area contributed by atoms with Crippen LogP contribution >= 0.6 is 0 Å².